The first-order chi connectivity index (χ1) is 18.2. The first-order valence-electron chi connectivity index (χ1n) is 12.0. The van der Waals surface area contributed by atoms with Crippen LogP contribution in [-0.2, 0) is 4.74 Å². The van der Waals surface area contributed by atoms with E-state index >= 15 is 0 Å². The highest BCUT2D eigenvalue weighted by Crippen LogP contribution is 2.29. The zero-order valence-corrected chi connectivity index (χ0v) is 20.0. The summed E-state index contributed by atoms with van der Waals surface area (Å²) in [6.45, 7) is 0.536. The minimum absolute atomic E-state index is 0.231. The van der Waals surface area contributed by atoms with Gasteiger partial charge in [-0.15, -0.1) is 0 Å². The highest BCUT2D eigenvalue weighted by Gasteiger charge is 2.29. The second-order valence-electron chi connectivity index (χ2n) is 8.31. The fourth-order valence-electron chi connectivity index (χ4n) is 4.08. The molecule has 1 unspecified atom stereocenters. The lowest BCUT2D eigenvalue weighted by atomic mass is 9.99. The number of nitrogens with one attached hydrogen (secondary N) is 1. The number of carbonyl (C=O) groups is 2. The summed E-state index contributed by atoms with van der Waals surface area (Å²) in [7, 11) is 0. The molecule has 0 radical (unpaired) electrons. The van der Waals surface area contributed by atoms with Gasteiger partial charge in [0, 0.05) is 28.2 Å². The van der Waals surface area contributed by atoms with Crippen molar-refractivity contribution in [1.29, 1.82) is 0 Å². The molecule has 6 heteroatoms. The van der Waals surface area contributed by atoms with Crippen molar-refractivity contribution < 1.29 is 23.8 Å². The van der Waals surface area contributed by atoms with Crippen molar-refractivity contribution in [1.82, 2.24) is 4.98 Å². The van der Waals surface area contributed by atoms with E-state index < -0.39 is 12.1 Å². The lowest BCUT2D eigenvalue weighted by molar-refractivity contribution is 0.0276. The summed E-state index contributed by atoms with van der Waals surface area (Å²) in [5.41, 5.74) is 2.11. The van der Waals surface area contributed by atoms with Gasteiger partial charge in [-0.3, -0.25) is 4.79 Å². The van der Waals surface area contributed by atoms with E-state index in [1.165, 1.54) is 0 Å². The van der Waals surface area contributed by atoms with E-state index in [0.29, 0.717) is 23.5 Å². The Kier molecular flexibility index (Phi) is 7.27. The molecule has 0 aliphatic rings. The Labute approximate surface area is 214 Å². The highest BCUT2D eigenvalue weighted by molar-refractivity contribution is 6.11. The van der Waals surface area contributed by atoms with Crippen molar-refractivity contribution in [2.45, 2.75) is 6.10 Å². The molecule has 1 aromatic heterocycles. The molecule has 37 heavy (non-hydrogen) atoms. The molecule has 0 bridgehead atoms. The molecule has 0 saturated carbocycles. The number of hydrogen-bond acceptors (Lipinski definition) is 5. The van der Waals surface area contributed by atoms with Crippen LogP contribution in [0.3, 0.4) is 0 Å². The Morgan fingerprint density at radius 2 is 1.32 bits per heavy atom. The Morgan fingerprint density at radius 3 is 2.14 bits per heavy atom. The summed E-state index contributed by atoms with van der Waals surface area (Å²) >= 11 is 0. The Morgan fingerprint density at radius 1 is 0.676 bits per heavy atom. The number of rotatable bonds is 10. The molecule has 0 aliphatic heterocycles. The van der Waals surface area contributed by atoms with Crippen LogP contribution in [0.1, 0.15) is 32.4 Å². The number of H-pyrrole nitrogens is 1. The predicted octanol–water partition coefficient (Wildman–Crippen LogP) is 6.41. The molecule has 184 valence electrons. The zero-order chi connectivity index (χ0) is 25.5. The quantitative estimate of drug-likeness (QED) is 0.139. The number of Topliss-reactive ketones (excluding diaryl/α,β-unsaturated/α-hetero) is 1. The van der Waals surface area contributed by atoms with Crippen molar-refractivity contribution in [2.75, 3.05) is 13.2 Å². The van der Waals surface area contributed by atoms with Crippen LogP contribution in [0.25, 0.3) is 10.9 Å². The maximum atomic E-state index is 13.7. The normalized spacial score (nSPS) is 11.6. The lowest BCUT2D eigenvalue weighted by Gasteiger charge is -2.18. The third-order valence-corrected chi connectivity index (χ3v) is 5.88. The number of aromatic amines is 1. The van der Waals surface area contributed by atoms with Gasteiger partial charge >= 0.3 is 5.97 Å². The van der Waals surface area contributed by atoms with Gasteiger partial charge < -0.3 is 19.2 Å². The van der Waals surface area contributed by atoms with Crippen molar-refractivity contribution in [3.05, 3.63) is 132 Å². The van der Waals surface area contributed by atoms with Gasteiger partial charge in [-0.05, 0) is 30.3 Å². The molecule has 0 amide bonds. The summed E-state index contributed by atoms with van der Waals surface area (Å²) in [4.78, 5) is 30.1. The van der Waals surface area contributed by atoms with Crippen LogP contribution in [0.2, 0.25) is 0 Å². The topological polar surface area (TPSA) is 77.6 Å². The smallest absolute Gasteiger partial charge is 0.342 e. The van der Waals surface area contributed by atoms with E-state index in [-0.39, 0.29) is 18.0 Å². The summed E-state index contributed by atoms with van der Waals surface area (Å²) in [6, 6.07) is 32.8. The first kappa shape index (κ1) is 23.9. The number of carbonyl (C=O) groups excluding carboxylic acids is 2. The van der Waals surface area contributed by atoms with Crippen LogP contribution in [-0.4, -0.2) is 30.0 Å². The van der Waals surface area contributed by atoms with E-state index in [2.05, 4.69) is 4.98 Å². The minimum atomic E-state index is -1.12. The maximum Gasteiger partial charge on any atom is 0.342 e. The largest absolute Gasteiger partial charge is 0.490 e. The summed E-state index contributed by atoms with van der Waals surface area (Å²) < 4.78 is 17.4. The van der Waals surface area contributed by atoms with Gasteiger partial charge in [-0.25, -0.2) is 4.79 Å². The average molecular weight is 492 g/mol. The number of aromatic nitrogens is 1. The van der Waals surface area contributed by atoms with Gasteiger partial charge in [0.2, 0.25) is 5.78 Å². The molecule has 4 aromatic carbocycles. The monoisotopic (exact) mass is 491 g/mol. The van der Waals surface area contributed by atoms with Crippen LogP contribution in [0, 0.1) is 0 Å². The molecular weight excluding hydrogens is 466 g/mol. The predicted molar refractivity (Wildman–Crippen MR) is 141 cm³/mol. The molecule has 1 atom stereocenters. The summed E-state index contributed by atoms with van der Waals surface area (Å²) in [5.74, 6) is 0.129. The van der Waals surface area contributed by atoms with E-state index in [1.54, 1.807) is 42.6 Å². The number of hydrogen-bond donors (Lipinski definition) is 1. The Balaban J connectivity index is 1.35. The number of esters is 1. The second kappa shape index (κ2) is 11.3. The van der Waals surface area contributed by atoms with Gasteiger partial charge in [0.1, 0.15) is 30.3 Å². The van der Waals surface area contributed by atoms with Crippen LogP contribution < -0.4 is 9.47 Å². The van der Waals surface area contributed by atoms with Crippen LogP contribution in [0.15, 0.2) is 115 Å². The molecule has 0 fully saturated rings. The third-order valence-electron chi connectivity index (χ3n) is 5.88. The fourth-order valence-corrected chi connectivity index (χ4v) is 4.08. The number of fused-ring (bicyclic) bond motifs is 1. The molecule has 5 rings (SSSR count). The lowest BCUT2D eigenvalue weighted by Crippen LogP contribution is -2.21. The molecular formula is C31H25NO5. The van der Waals surface area contributed by atoms with E-state index in [9.17, 15) is 9.59 Å². The zero-order valence-electron chi connectivity index (χ0n) is 20.0. The first-order valence-corrected chi connectivity index (χ1v) is 12.0. The SMILES string of the molecule is O=C(OC(C(=O)c1c[nH]c2ccccc12)c1ccccc1)c1ccccc1OCCOc1ccccc1. The number of benzene rings is 4. The molecule has 1 heterocycles. The third kappa shape index (κ3) is 5.54. The molecule has 0 aliphatic carbocycles. The van der Waals surface area contributed by atoms with E-state index in [0.717, 1.165) is 16.7 Å². The Bertz CT molecular complexity index is 1490. The summed E-state index contributed by atoms with van der Waals surface area (Å²) in [6.07, 6.45) is 0.531. The van der Waals surface area contributed by atoms with Gasteiger partial charge in [0.15, 0.2) is 6.10 Å². The van der Waals surface area contributed by atoms with Crippen LogP contribution in [0.4, 0.5) is 0 Å². The Hall–Kier alpha value is -4.84. The highest BCUT2D eigenvalue weighted by atomic mass is 16.6. The van der Waals surface area contributed by atoms with Gasteiger partial charge in [-0.1, -0.05) is 78.9 Å². The standard InChI is InChI=1S/C31H25NO5/c33-29(26-21-32-27-17-9-7-15-24(26)27)30(22-11-3-1-4-12-22)37-31(34)25-16-8-10-18-28(25)36-20-19-35-23-13-5-2-6-14-23/h1-18,21,30,32H,19-20H2. The molecule has 0 spiro atoms. The van der Waals surface area contributed by atoms with Crippen LogP contribution >= 0.6 is 0 Å². The average Bonchev–Trinajstić information content (AvgIpc) is 3.39. The molecule has 1 N–H and O–H groups in total. The minimum Gasteiger partial charge on any atom is -0.490 e. The van der Waals surface area contributed by atoms with Crippen molar-refractivity contribution in [3.63, 3.8) is 0 Å². The molecule has 0 saturated heterocycles. The molecule has 6 nitrogen and oxygen atoms in total. The maximum absolute atomic E-state index is 13.7. The number of para-hydroxylation sites is 3. The summed E-state index contributed by atoms with van der Waals surface area (Å²) in [5, 5.41) is 0.770. The van der Waals surface area contributed by atoms with Crippen molar-refractivity contribution >= 4 is 22.7 Å². The van der Waals surface area contributed by atoms with E-state index in [4.69, 9.17) is 14.2 Å². The fraction of sp³-hybridized carbons (Fsp3) is 0.0968. The van der Waals surface area contributed by atoms with Crippen molar-refractivity contribution in [2.24, 2.45) is 0 Å². The number of ether oxygens (including phenoxy) is 3. The van der Waals surface area contributed by atoms with Crippen molar-refractivity contribution in [3.8, 4) is 11.5 Å². The van der Waals surface area contributed by atoms with Gasteiger partial charge in [0.25, 0.3) is 0 Å². The molecule has 5 aromatic rings. The van der Waals surface area contributed by atoms with Crippen LogP contribution in [0.5, 0.6) is 11.5 Å². The van der Waals surface area contributed by atoms with E-state index in [1.807, 2.05) is 72.8 Å². The van der Waals surface area contributed by atoms with Gasteiger partial charge in [0.05, 0.1) is 0 Å². The second-order valence-corrected chi connectivity index (χ2v) is 8.31. The van der Waals surface area contributed by atoms with Gasteiger partial charge in [-0.2, -0.15) is 0 Å². The number of ketones is 1.